The van der Waals surface area contributed by atoms with E-state index in [1.807, 2.05) is 36.4 Å². The van der Waals surface area contributed by atoms with Gasteiger partial charge in [0.1, 0.15) is 11.5 Å². The van der Waals surface area contributed by atoms with E-state index in [-0.39, 0.29) is 6.04 Å². The van der Waals surface area contributed by atoms with Crippen molar-refractivity contribution in [2.75, 3.05) is 0 Å². The fourth-order valence-electron chi connectivity index (χ4n) is 1.70. The van der Waals surface area contributed by atoms with E-state index in [9.17, 15) is 0 Å². The Morgan fingerprint density at radius 2 is 1.89 bits per heavy atom. The van der Waals surface area contributed by atoms with Crippen molar-refractivity contribution < 1.29 is 4.74 Å². The van der Waals surface area contributed by atoms with Crippen LogP contribution < -0.4 is 10.5 Å². The zero-order chi connectivity index (χ0) is 13.8. The standard InChI is InChI=1S/C15H15BrClNO/c1-2-14(18)10-3-6-12(7-4-10)19-15-9-11(16)5-8-13(15)17/h3-9,14H,2,18H2,1H3. The highest BCUT2D eigenvalue weighted by molar-refractivity contribution is 9.10. The summed E-state index contributed by atoms with van der Waals surface area (Å²) < 4.78 is 6.68. The van der Waals surface area contributed by atoms with E-state index in [0.29, 0.717) is 10.8 Å². The van der Waals surface area contributed by atoms with Crippen LogP contribution in [-0.2, 0) is 0 Å². The molecule has 2 rings (SSSR count). The Morgan fingerprint density at radius 1 is 1.21 bits per heavy atom. The number of ether oxygens (including phenoxy) is 1. The molecular weight excluding hydrogens is 326 g/mol. The molecule has 0 aliphatic heterocycles. The summed E-state index contributed by atoms with van der Waals surface area (Å²) in [5.74, 6) is 1.37. The van der Waals surface area contributed by atoms with Crippen LogP contribution in [0, 0.1) is 0 Å². The molecule has 2 aromatic rings. The predicted octanol–water partition coefficient (Wildman–Crippen LogP) is 5.30. The van der Waals surface area contributed by atoms with Gasteiger partial charge in [-0.3, -0.25) is 0 Å². The monoisotopic (exact) mass is 339 g/mol. The number of hydrogen-bond acceptors (Lipinski definition) is 2. The lowest BCUT2D eigenvalue weighted by Crippen LogP contribution is -2.07. The SMILES string of the molecule is CCC(N)c1ccc(Oc2cc(Br)ccc2Cl)cc1. The maximum atomic E-state index is 6.08. The van der Waals surface area contributed by atoms with Crippen LogP contribution in [0.5, 0.6) is 11.5 Å². The summed E-state index contributed by atoms with van der Waals surface area (Å²) in [6.45, 7) is 2.07. The minimum Gasteiger partial charge on any atom is -0.456 e. The molecule has 0 spiro atoms. The summed E-state index contributed by atoms with van der Waals surface area (Å²) in [5, 5.41) is 0.581. The van der Waals surface area contributed by atoms with Crippen LogP contribution in [0.15, 0.2) is 46.9 Å². The van der Waals surface area contributed by atoms with Gasteiger partial charge in [-0.05, 0) is 42.3 Å². The molecule has 0 radical (unpaired) electrons. The molecule has 0 bridgehead atoms. The van der Waals surface area contributed by atoms with Crippen LogP contribution in [0.3, 0.4) is 0 Å². The average Bonchev–Trinajstić information content (AvgIpc) is 2.43. The second-order valence-electron chi connectivity index (χ2n) is 4.26. The molecule has 0 aliphatic rings. The Labute approximate surface area is 126 Å². The number of nitrogens with two attached hydrogens (primary N) is 1. The molecule has 0 heterocycles. The molecule has 0 fully saturated rings. The first kappa shape index (κ1) is 14.4. The summed E-state index contributed by atoms with van der Waals surface area (Å²) in [5.41, 5.74) is 7.08. The summed E-state index contributed by atoms with van der Waals surface area (Å²) >= 11 is 9.48. The average molecular weight is 341 g/mol. The quantitative estimate of drug-likeness (QED) is 0.819. The molecule has 19 heavy (non-hydrogen) atoms. The topological polar surface area (TPSA) is 35.2 Å². The molecule has 2 N–H and O–H groups in total. The van der Waals surface area contributed by atoms with Crippen LogP contribution in [0.25, 0.3) is 0 Å². The van der Waals surface area contributed by atoms with Crippen molar-refractivity contribution in [3.63, 3.8) is 0 Å². The molecule has 1 unspecified atom stereocenters. The Balaban J connectivity index is 2.17. The van der Waals surface area contributed by atoms with Gasteiger partial charge in [-0.25, -0.2) is 0 Å². The second kappa shape index (κ2) is 6.42. The maximum absolute atomic E-state index is 6.08. The maximum Gasteiger partial charge on any atom is 0.147 e. The molecule has 1 atom stereocenters. The van der Waals surface area contributed by atoms with E-state index < -0.39 is 0 Å². The lowest BCUT2D eigenvalue weighted by molar-refractivity contribution is 0.482. The van der Waals surface area contributed by atoms with Gasteiger partial charge in [0, 0.05) is 10.5 Å². The van der Waals surface area contributed by atoms with Crippen molar-refractivity contribution in [1.29, 1.82) is 0 Å². The van der Waals surface area contributed by atoms with Crippen LogP contribution in [0.1, 0.15) is 24.9 Å². The van der Waals surface area contributed by atoms with Gasteiger partial charge in [-0.15, -0.1) is 0 Å². The number of rotatable bonds is 4. The summed E-state index contributed by atoms with van der Waals surface area (Å²) in [6, 6.07) is 13.4. The highest BCUT2D eigenvalue weighted by atomic mass is 79.9. The first-order valence-electron chi connectivity index (χ1n) is 6.08. The fraction of sp³-hybridized carbons (Fsp3) is 0.200. The smallest absolute Gasteiger partial charge is 0.147 e. The molecule has 2 nitrogen and oxygen atoms in total. The minimum absolute atomic E-state index is 0.0727. The number of halogens is 2. The molecule has 100 valence electrons. The molecule has 4 heteroatoms. The first-order valence-corrected chi connectivity index (χ1v) is 7.25. The van der Waals surface area contributed by atoms with Crippen molar-refractivity contribution in [2.45, 2.75) is 19.4 Å². The minimum atomic E-state index is 0.0727. The van der Waals surface area contributed by atoms with Gasteiger partial charge in [0.25, 0.3) is 0 Å². The van der Waals surface area contributed by atoms with Gasteiger partial charge in [-0.1, -0.05) is 46.6 Å². The molecule has 0 aliphatic carbocycles. The van der Waals surface area contributed by atoms with Crippen molar-refractivity contribution in [2.24, 2.45) is 5.73 Å². The van der Waals surface area contributed by atoms with Gasteiger partial charge < -0.3 is 10.5 Å². The van der Waals surface area contributed by atoms with Crippen molar-refractivity contribution in [3.8, 4) is 11.5 Å². The third-order valence-corrected chi connectivity index (χ3v) is 3.67. The third-order valence-electron chi connectivity index (χ3n) is 2.87. The van der Waals surface area contributed by atoms with Crippen molar-refractivity contribution in [1.82, 2.24) is 0 Å². The van der Waals surface area contributed by atoms with E-state index in [1.165, 1.54) is 0 Å². The van der Waals surface area contributed by atoms with E-state index in [4.69, 9.17) is 22.1 Å². The van der Waals surface area contributed by atoms with Crippen LogP contribution >= 0.6 is 27.5 Å². The normalized spacial score (nSPS) is 12.2. The predicted molar refractivity (Wildman–Crippen MR) is 82.9 cm³/mol. The van der Waals surface area contributed by atoms with Gasteiger partial charge in [0.05, 0.1) is 5.02 Å². The Hall–Kier alpha value is -1.03. The zero-order valence-corrected chi connectivity index (χ0v) is 12.9. The Morgan fingerprint density at radius 3 is 2.53 bits per heavy atom. The van der Waals surface area contributed by atoms with Crippen molar-refractivity contribution >= 4 is 27.5 Å². The second-order valence-corrected chi connectivity index (χ2v) is 5.58. The highest BCUT2D eigenvalue weighted by Gasteiger charge is 2.06. The Kier molecular flexibility index (Phi) is 4.86. The van der Waals surface area contributed by atoms with E-state index in [0.717, 1.165) is 22.2 Å². The number of benzene rings is 2. The van der Waals surface area contributed by atoms with Crippen LogP contribution in [0.4, 0.5) is 0 Å². The molecule has 0 aromatic heterocycles. The summed E-state index contributed by atoms with van der Waals surface area (Å²) in [4.78, 5) is 0. The van der Waals surface area contributed by atoms with Crippen molar-refractivity contribution in [3.05, 3.63) is 57.5 Å². The van der Waals surface area contributed by atoms with Crippen LogP contribution in [-0.4, -0.2) is 0 Å². The lowest BCUT2D eigenvalue weighted by Gasteiger charge is -2.11. The molecule has 0 saturated heterocycles. The number of hydrogen-bond donors (Lipinski definition) is 1. The Bertz CT molecular complexity index is 557. The molecule has 2 aromatic carbocycles. The van der Waals surface area contributed by atoms with Gasteiger partial charge in [0.2, 0.25) is 0 Å². The van der Waals surface area contributed by atoms with Gasteiger partial charge in [-0.2, -0.15) is 0 Å². The fourth-order valence-corrected chi connectivity index (χ4v) is 2.20. The first-order chi connectivity index (χ1) is 9.10. The third kappa shape index (κ3) is 3.72. The van der Waals surface area contributed by atoms with Gasteiger partial charge in [0.15, 0.2) is 0 Å². The van der Waals surface area contributed by atoms with E-state index in [2.05, 4.69) is 22.9 Å². The highest BCUT2D eigenvalue weighted by Crippen LogP contribution is 2.32. The molecular formula is C15H15BrClNO. The zero-order valence-electron chi connectivity index (χ0n) is 10.6. The van der Waals surface area contributed by atoms with E-state index >= 15 is 0 Å². The summed E-state index contributed by atoms with van der Waals surface area (Å²) in [7, 11) is 0. The molecule has 0 saturated carbocycles. The summed E-state index contributed by atoms with van der Waals surface area (Å²) in [6.07, 6.45) is 0.914. The van der Waals surface area contributed by atoms with Crippen LogP contribution in [0.2, 0.25) is 5.02 Å². The largest absolute Gasteiger partial charge is 0.456 e. The lowest BCUT2D eigenvalue weighted by atomic mass is 10.1. The van der Waals surface area contributed by atoms with E-state index in [1.54, 1.807) is 6.07 Å². The molecule has 0 amide bonds. The van der Waals surface area contributed by atoms with Gasteiger partial charge >= 0.3 is 0 Å².